The number of para-hydroxylation sites is 1. The molecule has 1 amide bonds. The topological polar surface area (TPSA) is 47.4 Å². The number of morpholine rings is 1. The zero-order valence-corrected chi connectivity index (χ0v) is 14.1. The van der Waals surface area contributed by atoms with E-state index >= 15 is 0 Å². The third kappa shape index (κ3) is 3.44. The van der Waals surface area contributed by atoms with Gasteiger partial charge in [-0.15, -0.1) is 0 Å². The Balaban J connectivity index is 2.06. The first kappa shape index (κ1) is 18.4. The molecule has 3 rings (SSSR count). The number of ether oxygens (including phenoxy) is 1. The summed E-state index contributed by atoms with van der Waals surface area (Å²) in [7, 11) is 0. The number of hydrogen-bond donors (Lipinski definition) is 0. The fourth-order valence-electron chi connectivity index (χ4n) is 3.10. The highest BCUT2D eigenvalue weighted by atomic mass is 19.4. The summed E-state index contributed by atoms with van der Waals surface area (Å²) in [5.41, 5.74) is -2.27. The molecule has 0 bridgehead atoms. The fraction of sp³-hybridized carbons (Fsp3) is 0.412. The molecule has 0 radical (unpaired) electrons. The molecular formula is C17H17F4N3O2. The van der Waals surface area contributed by atoms with Crippen molar-refractivity contribution < 1.29 is 27.1 Å². The van der Waals surface area contributed by atoms with Gasteiger partial charge < -0.3 is 9.64 Å². The van der Waals surface area contributed by atoms with Crippen LogP contribution in [0.5, 0.6) is 0 Å². The number of alkyl halides is 3. The Bertz CT molecular complexity index is 809. The standard InChI is InChI=1S/C17H17F4N3O2/c1-10-8-23(9-11(2)26-10)16(25)12-7-22-24(15(12)17(19,20)21)14-6-4-3-5-13(14)18/h3-7,10-11H,8-9H2,1-2H3/t10-,11-/m1/s1. The van der Waals surface area contributed by atoms with Crippen LogP contribution in [0.1, 0.15) is 29.9 Å². The third-order valence-corrected chi connectivity index (χ3v) is 4.06. The van der Waals surface area contributed by atoms with Crippen LogP contribution < -0.4 is 0 Å². The van der Waals surface area contributed by atoms with Crippen LogP contribution in [0.4, 0.5) is 17.6 Å². The van der Waals surface area contributed by atoms with Crippen molar-refractivity contribution in [2.75, 3.05) is 13.1 Å². The summed E-state index contributed by atoms with van der Waals surface area (Å²) in [6, 6.07) is 4.96. The number of carbonyl (C=O) groups excluding carboxylic acids is 1. The zero-order valence-electron chi connectivity index (χ0n) is 14.1. The molecule has 1 aromatic carbocycles. The molecule has 5 nitrogen and oxygen atoms in total. The molecule has 0 unspecified atom stereocenters. The highest BCUT2D eigenvalue weighted by Gasteiger charge is 2.42. The Hall–Kier alpha value is -2.42. The normalized spacial score (nSPS) is 21.1. The lowest BCUT2D eigenvalue weighted by Gasteiger charge is -2.35. The summed E-state index contributed by atoms with van der Waals surface area (Å²) in [4.78, 5) is 14.0. The first-order valence-electron chi connectivity index (χ1n) is 8.03. The minimum atomic E-state index is -4.88. The SMILES string of the molecule is C[C@@H]1CN(C(=O)c2cnn(-c3ccccc3F)c2C(F)(F)F)C[C@@H](C)O1. The van der Waals surface area contributed by atoms with E-state index in [0.717, 1.165) is 12.3 Å². The van der Waals surface area contributed by atoms with Crippen LogP contribution in [0, 0.1) is 5.82 Å². The van der Waals surface area contributed by atoms with Crippen molar-refractivity contribution in [3.8, 4) is 5.69 Å². The highest BCUT2D eigenvalue weighted by molar-refractivity contribution is 5.95. The van der Waals surface area contributed by atoms with E-state index in [2.05, 4.69) is 5.10 Å². The molecule has 1 aliphatic rings. The Labute approximate surface area is 147 Å². The number of benzene rings is 1. The van der Waals surface area contributed by atoms with Gasteiger partial charge in [0.2, 0.25) is 0 Å². The third-order valence-electron chi connectivity index (χ3n) is 4.06. The first-order valence-corrected chi connectivity index (χ1v) is 8.03. The molecule has 0 N–H and O–H groups in total. The van der Waals surface area contributed by atoms with Crippen molar-refractivity contribution in [3.63, 3.8) is 0 Å². The van der Waals surface area contributed by atoms with E-state index < -0.39 is 29.2 Å². The number of hydrogen-bond acceptors (Lipinski definition) is 3. The Morgan fingerprint density at radius 1 is 1.19 bits per heavy atom. The van der Waals surface area contributed by atoms with Crippen LogP contribution in [-0.4, -0.2) is 45.9 Å². The van der Waals surface area contributed by atoms with Crippen LogP contribution in [0.3, 0.4) is 0 Å². The molecule has 9 heteroatoms. The lowest BCUT2D eigenvalue weighted by Crippen LogP contribution is -2.48. The summed E-state index contributed by atoms with van der Waals surface area (Å²) in [5.74, 6) is -1.67. The van der Waals surface area contributed by atoms with Crippen LogP contribution in [-0.2, 0) is 10.9 Å². The molecule has 26 heavy (non-hydrogen) atoms. The number of carbonyl (C=O) groups is 1. The average Bonchev–Trinajstić information content (AvgIpc) is 2.98. The molecule has 1 aliphatic heterocycles. The van der Waals surface area contributed by atoms with Crippen LogP contribution in [0.25, 0.3) is 5.69 Å². The molecule has 1 aromatic heterocycles. The Morgan fingerprint density at radius 2 is 1.81 bits per heavy atom. The zero-order chi connectivity index (χ0) is 19.1. The van der Waals surface area contributed by atoms with Gasteiger partial charge in [-0.05, 0) is 26.0 Å². The molecule has 1 fully saturated rings. The van der Waals surface area contributed by atoms with Gasteiger partial charge >= 0.3 is 6.18 Å². The molecule has 1 saturated heterocycles. The quantitative estimate of drug-likeness (QED) is 0.762. The smallest absolute Gasteiger partial charge is 0.372 e. The van der Waals surface area contributed by atoms with E-state index in [9.17, 15) is 22.4 Å². The molecule has 0 aliphatic carbocycles. The lowest BCUT2D eigenvalue weighted by molar-refractivity contribution is -0.143. The second kappa shape index (κ2) is 6.71. The van der Waals surface area contributed by atoms with Gasteiger partial charge in [-0.1, -0.05) is 12.1 Å². The van der Waals surface area contributed by atoms with Crippen LogP contribution >= 0.6 is 0 Å². The maximum atomic E-state index is 14.0. The number of aromatic nitrogens is 2. The predicted octanol–water partition coefficient (Wildman–Crippen LogP) is 3.28. The summed E-state index contributed by atoms with van der Waals surface area (Å²) < 4.78 is 60.9. The maximum absolute atomic E-state index is 14.0. The van der Waals surface area contributed by atoms with Crippen molar-refractivity contribution in [1.82, 2.24) is 14.7 Å². The van der Waals surface area contributed by atoms with E-state index in [0.29, 0.717) is 4.68 Å². The largest absolute Gasteiger partial charge is 0.434 e. The van der Waals surface area contributed by atoms with Gasteiger partial charge in [0, 0.05) is 13.1 Å². The van der Waals surface area contributed by atoms with E-state index in [4.69, 9.17) is 4.74 Å². The second-order valence-corrected chi connectivity index (χ2v) is 6.24. The summed E-state index contributed by atoms with van der Waals surface area (Å²) in [5, 5.41) is 3.65. The van der Waals surface area contributed by atoms with Gasteiger partial charge in [-0.3, -0.25) is 4.79 Å². The van der Waals surface area contributed by atoms with Gasteiger partial charge in [-0.25, -0.2) is 9.07 Å². The molecule has 2 aromatic rings. The minimum Gasteiger partial charge on any atom is -0.372 e. The van der Waals surface area contributed by atoms with Crippen LogP contribution in [0.15, 0.2) is 30.5 Å². The van der Waals surface area contributed by atoms with Crippen molar-refractivity contribution >= 4 is 5.91 Å². The van der Waals surface area contributed by atoms with Gasteiger partial charge in [-0.2, -0.15) is 18.3 Å². The van der Waals surface area contributed by atoms with Crippen molar-refractivity contribution in [2.24, 2.45) is 0 Å². The lowest BCUT2D eigenvalue weighted by atomic mass is 10.1. The van der Waals surface area contributed by atoms with Crippen molar-refractivity contribution in [2.45, 2.75) is 32.2 Å². The predicted molar refractivity (Wildman–Crippen MR) is 84.4 cm³/mol. The maximum Gasteiger partial charge on any atom is 0.434 e. The van der Waals surface area contributed by atoms with E-state index in [-0.39, 0.29) is 31.0 Å². The van der Waals surface area contributed by atoms with Crippen LogP contribution in [0.2, 0.25) is 0 Å². The van der Waals surface area contributed by atoms with Gasteiger partial charge in [0.25, 0.3) is 5.91 Å². The average molecular weight is 371 g/mol. The number of halogens is 4. The van der Waals surface area contributed by atoms with E-state index in [1.165, 1.54) is 23.1 Å². The van der Waals surface area contributed by atoms with Crippen molar-refractivity contribution in [1.29, 1.82) is 0 Å². The van der Waals surface area contributed by atoms with Gasteiger partial charge in [0.05, 0.1) is 24.0 Å². The van der Waals surface area contributed by atoms with Crippen molar-refractivity contribution in [3.05, 3.63) is 47.5 Å². The summed E-state index contributed by atoms with van der Waals surface area (Å²) in [6.45, 7) is 3.82. The number of nitrogens with zero attached hydrogens (tertiary/aromatic N) is 3. The summed E-state index contributed by atoms with van der Waals surface area (Å²) in [6.07, 6.45) is -4.63. The fourth-order valence-corrected chi connectivity index (χ4v) is 3.10. The summed E-state index contributed by atoms with van der Waals surface area (Å²) >= 11 is 0. The van der Waals surface area contributed by atoms with Gasteiger partial charge in [0.15, 0.2) is 5.69 Å². The van der Waals surface area contributed by atoms with E-state index in [1.54, 1.807) is 13.8 Å². The number of rotatable bonds is 2. The number of amides is 1. The molecule has 0 spiro atoms. The molecule has 140 valence electrons. The second-order valence-electron chi connectivity index (χ2n) is 6.24. The van der Waals surface area contributed by atoms with E-state index in [1.807, 2.05) is 0 Å². The Kier molecular flexibility index (Phi) is 4.74. The first-order chi connectivity index (χ1) is 12.2. The highest BCUT2D eigenvalue weighted by Crippen LogP contribution is 2.35. The molecular weight excluding hydrogens is 354 g/mol. The molecule has 2 atom stereocenters. The molecule has 2 heterocycles. The molecule has 0 saturated carbocycles. The Morgan fingerprint density at radius 3 is 2.38 bits per heavy atom. The monoisotopic (exact) mass is 371 g/mol. The minimum absolute atomic E-state index is 0.172. The van der Waals surface area contributed by atoms with Gasteiger partial charge in [0.1, 0.15) is 11.5 Å².